The van der Waals surface area contributed by atoms with Crippen LogP contribution in [0.25, 0.3) is 0 Å². The molecule has 0 unspecified atom stereocenters. The van der Waals surface area contributed by atoms with Crippen LogP contribution in [0.4, 0.5) is 5.82 Å². The van der Waals surface area contributed by atoms with Crippen molar-refractivity contribution in [2.45, 2.75) is 32.6 Å². The average Bonchev–Trinajstić information content (AvgIpc) is 2.99. The zero-order valence-corrected chi connectivity index (χ0v) is 15.9. The minimum atomic E-state index is -0.514. The number of carbonyl (C=O) groups is 1. The van der Waals surface area contributed by atoms with Gasteiger partial charge in [-0.1, -0.05) is 13.8 Å². The number of methoxy groups -OCH3 is 2. The molecule has 0 spiro atoms. The summed E-state index contributed by atoms with van der Waals surface area (Å²) in [7, 11) is 3.16. The number of fused-ring (bicyclic) bond motifs is 1. The van der Waals surface area contributed by atoms with Gasteiger partial charge in [0.2, 0.25) is 0 Å². The van der Waals surface area contributed by atoms with Crippen LogP contribution in [-0.4, -0.2) is 30.2 Å². The maximum atomic E-state index is 13.1. The zero-order valence-electron chi connectivity index (χ0n) is 15.9. The van der Waals surface area contributed by atoms with Crippen LogP contribution in [0.3, 0.4) is 0 Å². The second-order valence-corrected chi connectivity index (χ2v) is 7.87. The smallest absolute Gasteiger partial charge is 0.270 e. The van der Waals surface area contributed by atoms with Crippen LogP contribution in [0.2, 0.25) is 0 Å². The minimum absolute atomic E-state index is 0.0508. The Morgan fingerprint density at radius 1 is 1.07 bits per heavy atom. The van der Waals surface area contributed by atoms with Gasteiger partial charge in [-0.15, -0.1) is 0 Å². The molecule has 0 radical (unpaired) electrons. The van der Waals surface area contributed by atoms with Gasteiger partial charge in [0.05, 0.1) is 25.7 Å². The van der Waals surface area contributed by atoms with E-state index in [0.29, 0.717) is 34.9 Å². The average molecular weight is 369 g/mol. The van der Waals surface area contributed by atoms with Gasteiger partial charge in [0.1, 0.15) is 17.3 Å². The van der Waals surface area contributed by atoms with E-state index >= 15 is 0 Å². The Labute approximate surface area is 156 Å². The van der Waals surface area contributed by atoms with Gasteiger partial charge in [-0.2, -0.15) is 0 Å². The van der Waals surface area contributed by atoms with E-state index in [1.807, 2.05) is 6.07 Å². The number of Topliss-reactive ketones (excluding diaryl/α,β-unsaturated/α-hetero) is 1. The molecule has 1 aliphatic carbocycles. The lowest BCUT2D eigenvalue weighted by Gasteiger charge is -2.38. The SMILES string of the molecule is COc1ccc(OC)c([C@H]2C3=C(CC(C)(C)CC3=O)Nc3[nH][nH]c(=O)c32)c1. The molecular formula is C20H23N3O4. The number of rotatable bonds is 3. The molecule has 0 saturated heterocycles. The number of carbonyl (C=O) groups excluding carboxylic acids is 1. The summed E-state index contributed by atoms with van der Waals surface area (Å²) in [5.74, 6) is 1.39. The summed E-state index contributed by atoms with van der Waals surface area (Å²) in [6.07, 6.45) is 1.16. The van der Waals surface area contributed by atoms with Crippen molar-refractivity contribution in [2.75, 3.05) is 19.5 Å². The molecule has 1 aromatic carbocycles. The monoisotopic (exact) mass is 369 g/mol. The number of aromatic nitrogens is 2. The number of H-pyrrole nitrogens is 2. The first-order chi connectivity index (χ1) is 12.8. The molecular weight excluding hydrogens is 346 g/mol. The quantitative estimate of drug-likeness (QED) is 0.773. The van der Waals surface area contributed by atoms with Crippen LogP contribution in [0.5, 0.6) is 11.5 Å². The Bertz CT molecular complexity index is 1010. The van der Waals surface area contributed by atoms with Crippen molar-refractivity contribution in [1.29, 1.82) is 0 Å². The molecule has 0 amide bonds. The molecule has 3 N–H and O–H groups in total. The highest BCUT2D eigenvalue weighted by atomic mass is 16.5. The first kappa shape index (κ1) is 17.5. The predicted molar refractivity (Wildman–Crippen MR) is 101 cm³/mol. The molecule has 1 atom stereocenters. The highest BCUT2D eigenvalue weighted by molar-refractivity contribution is 6.01. The third-order valence-electron chi connectivity index (χ3n) is 5.34. The fraction of sp³-hybridized carbons (Fsp3) is 0.400. The molecule has 27 heavy (non-hydrogen) atoms. The van der Waals surface area contributed by atoms with E-state index in [4.69, 9.17) is 9.47 Å². The number of benzene rings is 1. The highest BCUT2D eigenvalue weighted by Gasteiger charge is 2.43. The van der Waals surface area contributed by atoms with Crippen molar-refractivity contribution >= 4 is 11.6 Å². The Morgan fingerprint density at radius 3 is 2.56 bits per heavy atom. The van der Waals surface area contributed by atoms with Crippen molar-refractivity contribution in [2.24, 2.45) is 5.41 Å². The van der Waals surface area contributed by atoms with Gasteiger partial charge < -0.3 is 14.8 Å². The fourth-order valence-electron chi connectivity index (χ4n) is 4.19. The lowest BCUT2D eigenvalue weighted by molar-refractivity contribution is -0.118. The molecule has 2 heterocycles. The predicted octanol–water partition coefficient (Wildman–Crippen LogP) is 2.92. The summed E-state index contributed by atoms with van der Waals surface area (Å²) in [6.45, 7) is 4.15. The Hall–Kier alpha value is -2.96. The Balaban J connectivity index is 1.99. The van der Waals surface area contributed by atoms with Crippen LogP contribution in [-0.2, 0) is 4.79 Å². The lowest BCUT2D eigenvalue weighted by Crippen LogP contribution is -2.35. The standard InChI is InChI=1S/C20H23N3O4/c1-20(2)8-12-16(13(24)9-20)15(17-18(21-12)22-23-19(17)25)11-7-10(26-3)5-6-14(11)27-4/h5-7,15H,8-9H2,1-4H3,(H3,21,22,23,25)/t15-/m0/s1. The number of nitrogens with one attached hydrogen (secondary N) is 3. The molecule has 0 fully saturated rings. The normalized spacial score (nSPS) is 20.6. The molecule has 1 aromatic heterocycles. The number of ether oxygens (including phenoxy) is 2. The molecule has 7 heteroatoms. The fourth-order valence-corrected chi connectivity index (χ4v) is 4.19. The highest BCUT2D eigenvalue weighted by Crippen LogP contribution is 2.49. The third kappa shape index (κ3) is 2.74. The van der Waals surface area contributed by atoms with Crippen molar-refractivity contribution in [3.63, 3.8) is 0 Å². The van der Waals surface area contributed by atoms with Crippen LogP contribution in [0.1, 0.15) is 43.7 Å². The molecule has 2 aliphatic rings. The van der Waals surface area contributed by atoms with Gasteiger partial charge in [-0.25, -0.2) is 0 Å². The molecule has 1 aliphatic heterocycles. The summed E-state index contributed by atoms with van der Waals surface area (Å²) in [6, 6.07) is 5.43. The van der Waals surface area contributed by atoms with E-state index in [2.05, 4.69) is 29.4 Å². The number of ketones is 1. The zero-order chi connectivity index (χ0) is 19.3. The summed E-state index contributed by atoms with van der Waals surface area (Å²) in [5, 5.41) is 8.81. The minimum Gasteiger partial charge on any atom is -0.497 e. The summed E-state index contributed by atoms with van der Waals surface area (Å²) in [5.41, 5.74) is 2.34. The van der Waals surface area contributed by atoms with Gasteiger partial charge in [0.15, 0.2) is 5.78 Å². The maximum absolute atomic E-state index is 13.1. The van der Waals surface area contributed by atoms with Crippen LogP contribution in [0.15, 0.2) is 34.3 Å². The number of anilines is 1. The third-order valence-corrected chi connectivity index (χ3v) is 5.34. The van der Waals surface area contributed by atoms with Gasteiger partial charge in [-0.3, -0.25) is 19.8 Å². The van der Waals surface area contributed by atoms with Gasteiger partial charge in [0, 0.05) is 23.3 Å². The van der Waals surface area contributed by atoms with Crippen molar-refractivity contribution in [3.8, 4) is 11.5 Å². The van der Waals surface area contributed by atoms with Gasteiger partial charge in [0.25, 0.3) is 5.56 Å². The molecule has 4 rings (SSSR count). The number of aromatic amines is 2. The maximum Gasteiger partial charge on any atom is 0.270 e. The van der Waals surface area contributed by atoms with E-state index < -0.39 is 5.92 Å². The number of hydrogen-bond acceptors (Lipinski definition) is 5. The van der Waals surface area contributed by atoms with Gasteiger partial charge >= 0.3 is 0 Å². The molecule has 0 saturated carbocycles. The Kier molecular flexibility index (Phi) is 3.91. The Morgan fingerprint density at radius 2 is 1.85 bits per heavy atom. The summed E-state index contributed by atoms with van der Waals surface area (Å²) >= 11 is 0. The van der Waals surface area contributed by atoms with E-state index in [9.17, 15) is 9.59 Å². The van der Waals surface area contributed by atoms with Gasteiger partial charge in [-0.05, 0) is 30.0 Å². The largest absolute Gasteiger partial charge is 0.497 e. The number of hydrogen-bond donors (Lipinski definition) is 3. The van der Waals surface area contributed by atoms with E-state index in [1.165, 1.54) is 0 Å². The second-order valence-electron chi connectivity index (χ2n) is 7.87. The van der Waals surface area contributed by atoms with Crippen LogP contribution < -0.4 is 20.3 Å². The second kappa shape index (κ2) is 6.04. The van der Waals surface area contributed by atoms with Crippen molar-refractivity contribution in [1.82, 2.24) is 10.2 Å². The molecule has 142 valence electrons. The van der Waals surface area contributed by atoms with E-state index in [1.54, 1.807) is 26.4 Å². The summed E-state index contributed by atoms with van der Waals surface area (Å²) in [4.78, 5) is 25.7. The molecule has 2 aromatic rings. The van der Waals surface area contributed by atoms with Crippen LogP contribution in [0, 0.1) is 5.41 Å². The van der Waals surface area contributed by atoms with Crippen LogP contribution >= 0.6 is 0 Å². The summed E-state index contributed by atoms with van der Waals surface area (Å²) < 4.78 is 10.9. The first-order valence-electron chi connectivity index (χ1n) is 8.90. The molecule has 7 nitrogen and oxygen atoms in total. The lowest BCUT2D eigenvalue weighted by atomic mass is 9.69. The van der Waals surface area contributed by atoms with Crippen molar-refractivity contribution in [3.05, 3.63) is 50.9 Å². The van der Waals surface area contributed by atoms with E-state index in [-0.39, 0.29) is 16.8 Å². The van der Waals surface area contributed by atoms with E-state index in [0.717, 1.165) is 17.7 Å². The first-order valence-corrected chi connectivity index (χ1v) is 8.90. The molecule has 0 bridgehead atoms. The topological polar surface area (TPSA) is 96.2 Å². The van der Waals surface area contributed by atoms with Crippen molar-refractivity contribution < 1.29 is 14.3 Å². The number of allylic oxidation sites excluding steroid dienone is 2.